The zero-order chi connectivity index (χ0) is 15.9. The number of hydrogen-bond acceptors (Lipinski definition) is 4. The molecule has 0 saturated heterocycles. The maximum atomic E-state index is 11.2. The lowest BCUT2D eigenvalue weighted by Gasteiger charge is -2.14. The topological polar surface area (TPSA) is 90.9 Å². The molecule has 0 aliphatic heterocycles. The van der Waals surface area contributed by atoms with Crippen molar-refractivity contribution in [1.29, 1.82) is 0 Å². The first kappa shape index (κ1) is 16.2. The van der Waals surface area contributed by atoms with Crippen LogP contribution in [0.2, 0.25) is 0 Å². The van der Waals surface area contributed by atoms with E-state index in [1.165, 1.54) is 0 Å². The lowest BCUT2D eigenvalue weighted by atomic mass is 9.97. The number of aromatic amines is 1. The fraction of sp³-hybridized carbons (Fsp3) is 0.438. The van der Waals surface area contributed by atoms with Crippen LogP contribution in [0.1, 0.15) is 26.0 Å². The van der Waals surface area contributed by atoms with Crippen LogP contribution in [-0.4, -0.2) is 32.8 Å². The molecule has 6 heteroatoms. The molecule has 0 bridgehead atoms. The summed E-state index contributed by atoms with van der Waals surface area (Å²) in [6.07, 6.45) is 4.15. The molecule has 2 heterocycles. The summed E-state index contributed by atoms with van der Waals surface area (Å²) in [6, 6.07) is 5.76. The van der Waals surface area contributed by atoms with Crippen molar-refractivity contribution in [2.24, 2.45) is 11.8 Å². The lowest BCUT2D eigenvalue weighted by Crippen LogP contribution is -2.29. The lowest BCUT2D eigenvalue weighted by molar-refractivity contribution is -0.142. The first-order chi connectivity index (χ1) is 10.6. The van der Waals surface area contributed by atoms with Crippen molar-refractivity contribution in [2.45, 2.75) is 26.8 Å². The van der Waals surface area contributed by atoms with Crippen molar-refractivity contribution in [3.63, 3.8) is 0 Å². The van der Waals surface area contributed by atoms with Gasteiger partial charge in [-0.2, -0.15) is 5.10 Å². The summed E-state index contributed by atoms with van der Waals surface area (Å²) in [4.78, 5) is 15.3. The zero-order valence-corrected chi connectivity index (χ0v) is 12.9. The highest BCUT2D eigenvalue weighted by Crippen LogP contribution is 2.16. The van der Waals surface area contributed by atoms with E-state index in [0.29, 0.717) is 25.4 Å². The van der Waals surface area contributed by atoms with Gasteiger partial charge in [0.25, 0.3) is 0 Å². The molecular formula is C16H22N4O2. The van der Waals surface area contributed by atoms with Crippen LogP contribution in [0, 0.1) is 11.8 Å². The molecule has 0 saturated carbocycles. The minimum atomic E-state index is -0.748. The molecule has 0 fully saturated rings. The maximum absolute atomic E-state index is 11.2. The van der Waals surface area contributed by atoms with Crippen LogP contribution >= 0.6 is 0 Å². The normalized spacial score (nSPS) is 12.5. The molecule has 3 N–H and O–H groups in total. The number of nitrogens with zero attached hydrogens (tertiary/aromatic N) is 2. The Morgan fingerprint density at radius 3 is 2.91 bits per heavy atom. The molecule has 0 spiro atoms. The quantitative estimate of drug-likeness (QED) is 0.696. The van der Waals surface area contributed by atoms with Crippen LogP contribution in [0.3, 0.4) is 0 Å². The number of H-pyrrole nitrogens is 1. The van der Waals surface area contributed by atoms with Crippen LogP contribution in [0.25, 0.3) is 11.3 Å². The standard InChI is InChI=1S/C16H22N4O2/c1-11(2)6-13(16(21)22)9-18-10-14-7-15(20-19-14)12-4-3-5-17-8-12/h3-5,7-8,11,13,18H,6,9-10H2,1-2H3,(H,19,20)(H,21,22). The molecule has 2 aromatic heterocycles. The molecule has 2 aromatic rings. The molecule has 1 atom stereocenters. The molecular weight excluding hydrogens is 280 g/mol. The van der Waals surface area contributed by atoms with Gasteiger partial charge in [0, 0.05) is 36.7 Å². The van der Waals surface area contributed by atoms with Crippen molar-refractivity contribution in [3.8, 4) is 11.3 Å². The summed E-state index contributed by atoms with van der Waals surface area (Å²) in [5.41, 5.74) is 2.71. The van der Waals surface area contributed by atoms with Gasteiger partial charge >= 0.3 is 5.97 Å². The number of aliphatic carboxylic acids is 1. The predicted octanol–water partition coefficient (Wildman–Crippen LogP) is 2.31. The fourth-order valence-corrected chi connectivity index (χ4v) is 2.34. The van der Waals surface area contributed by atoms with Gasteiger partial charge in [-0.05, 0) is 30.5 Å². The van der Waals surface area contributed by atoms with Crippen molar-refractivity contribution >= 4 is 5.97 Å². The Balaban J connectivity index is 1.87. The Labute approximate surface area is 130 Å². The third kappa shape index (κ3) is 4.66. The molecule has 118 valence electrons. The van der Waals surface area contributed by atoms with E-state index in [4.69, 9.17) is 0 Å². The third-order valence-corrected chi connectivity index (χ3v) is 3.40. The third-order valence-electron chi connectivity index (χ3n) is 3.40. The van der Waals surface area contributed by atoms with Gasteiger partial charge in [-0.25, -0.2) is 0 Å². The molecule has 2 rings (SSSR count). The highest BCUT2D eigenvalue weighted by molar-refractivity contribution is 5.70. The number of carbonyl (C=O) groups is 1. The van der Waals surface area contributed by atoms with Gasteiger partial charge in [-0.1, -0.05) is 13.8 Å². The number of nitrogens with one attached hydrogen (secondary N) is 2. The van der Waals surface area contributed by atoms with E-state index in [2.05, 4.69) is 20.5 Å². The Morgan fingerprint density at radius 2 is 2.27 bits per heavy atom. The van der Waals surface area contributed by atoms with Gasteiger partial charge in [-0.15, -0.1) is 0 Å². The summed E-state index contributed by atoms with van der Waals surface area (Å²) in [5, 5.41) is 19.6. The van der Waals surface area contributed by atoms with Gasteiger partial charge in [0.15, 0.2) is 0 Å². The van der Waals surface area contributed by atoms with Gasteiger partial charge in [0.1, 0.15) is 0 Å². The first-order valence-electron chi connectivity index (χ1n) is 7.44. The summed E-state index contributed by atoms with van der Waals surface area (Å²) >= 11 is 0. The Hall–Kier alpha value is -2.21. The summed E-state index contributed by atoms with van der Waals surface area (Å²) < 4.78 is 0. The molecule has 0 aliphatic carbocycles. The van der Waals surface area contributed by atoms with Gasteiger partial charge in [0.05, 0.1) is 11.6 Å². The summed E-state index contributed by atoms with van der Waals surface area (Å²) in [7, 11) is 0. The molecule has 0 radical (unpaired) electrons. The first-order valence-corrected chi connectivity index (χ1v) is 7.44. The van der Waals surface area contributed by atoms with Crippen molar-refractivity contribution in [2.75, 3.05) is 6.54 Å². The molecule has 22 heavy (non-hydrogen) atoms. The number of carboxylic acids is 1. The second-order valence-electron chi connectivity index (χ2n) is 5.82. The number of hydrogen-bond donors (Lipinski definition) is 3. The van der Waals surface area contributed by atoms with E-state index in [9.17, 15) is 9.90 Å². The molecule has 0 aromatic carbocycles. The minimum absolute atomic E-state index is 0.360. The molecule has 0 aliphatic rings. The van der Waals surface area contributed by atoms with E-state index < -0.39 is 5.97 Å². The molecule has 1 unspecified atom stereocenters. The SMILES string of the molecule is CC(C)CC(CNCc1cc(-c2cccnc2)n[nH]1)C(=O)O. The van der Waals surface area contributed by atoms with Gasteiger partial charge < -0.3 is 10.4 Å². The number of pyridine rings is 1. The van der Waals surface area contributed by atoms with Crippen molar-refractivity contribution in [3.05, 3.63) is 36.3 Å². The van der Waals surface area contributed by atoms with E-state index in [-0.39, 0.29) is 5.92 Å². The molecule has 6 nitrogen and oxygen atoms in total. The Morgan fingerprint density at radius 1 is 1.45 bits per heavy atom. The van der Waals surface area contributed by atoms with Crippen LogP contribution in [0.4, 0.5) is 0 Å². The van der Waals surface area contributed by atoms with Crippen molar-refractivity contribution < 1.29 is 9.90 Å². The van der Waals surface area contributed by atoms with Crippen LogP contribution in [0.15, 0.2) is 30.6 Å². The molecule has 0 amide bonds. The van der Waals surface area contributed by atoms with Crippen LogP contribution in [-0.2, 0) is 11.3 Å². The summed E-state index contributed by atoms with van der Waals surface area (Å²) in [5.74, 6) is -0.741. The highest BCUT2D eigenvalue weighted by atomic mass is 16.4. The van der Waals surface area contributed by atoms with Gasteiger partial charge in [0.2, 0.25) is 0 Å². The fourth-order valence-electron chi connectivity index (χ4n) is 2.34. The Kier molecular flexibility index (Phi) is 5.66. The Bertz CT molecular complexity index is 595. The zero-order valence-electron chi connectivity index (χ0n) is 12.9. The van der Waals surface area contributed by atoms with Crippen LogP contribution < -0.4 is 5.32 Å². The smallest absolute Gasteiger partial charge is 0.307 e. The average Bonchev–Trinajstić information content (AvgIpc) is 2.95. The van der Waals surface area contributed by atoms with E-state index in [1.54, 1.807) is 12.4 Å². The summed E-state index contributed by atoms with van der Waals surface area (Å²) in [6.45, 7) is 5.08. The predicted molar refractivity (Wildman–Crippen MR) is 84.1 cm³/mol. The second kappa shape index (κ2) is 7.70. The second-order valence-corrected chi connectivity index (χ2v) is 5.82. The largest absolute Gasteiger partial charge is 0.481 e. The van der Waals surface area contributed by atoms with E-state index in [1.807, 2.05) is 32.0 Å². The van der Waals surface area contributed by atoms with E-state index in [0.717, 1.165) is 17.0 Å². The van der Waals surface area contributed by atoms with Gasteiger partial charge in [-0.3, -0.25) is 14.9 Å². The van der Waals surface area contributed by atoms with Crippen molar-refractivity contribution in [1.82, 2.24) is 20.5 Å². The average molecular weight is 302 g/mol. The number of aromatic nitrogens is 3. The highest BCUT2D eigenvalue weighted by Gasteiger charge is 2.18. The number of rotatable bonds is 8. The van der Waals surface area contributed by atoms with E-state index >= 15 is 0 Å². The van der Waals surface area contributed by atoms with Crippen LogP contribution in [0.5, 0.6) is 0 Å². The number of carboxylic acid groups (broad SMARTS) is 1. The maximum Gasteiger partial charge on any atom is 0.307 e. The minimum Gasteiger partial charge on any atom is -0.481 e. The monoisotopic (exact) mass is 302 g/mol.